The quantitative estimate of drug-likeness (QED) is 0.607. The summed E-state index contributed by atoms with van der Waals surface area (Å²) in [5.41, 5.74) is 5.29. The van der Waals surface area contributed by atoms with Gasteiger partial charge < -0.3 is 11.1 Å². The van der Waals surface area contributed by atoms with E-state index in [0.29, 0.717) is 11.0 Å². The van der Waals surface area contributed by atoms with Gasteiger partial charge in [-0.1, -0.05) is 17.8 Å². The fraction of sp³-hybridized carbons (Fsp3) is 0.357. The zero-order valence-electron chi connectivity index (χ0n) is 13.7. The highest BCUT2D eigenvalue weighted by atomic mass is 32.2. The molecule has 9 nitrogen and oxygen atoms in total. The molecule has 0 saturated carbocycles. The maximum absolute atomic E-state index is 11.8. The first kappa shape index (κ1) is 18.9. The van der Waals surface area contributed by atoms with E-state index in [1.807, 2.05) is 17.5 Å². The summed E-state index contributed by atoms with van der Waals surface area (Å²) in [7, 11) is 0. The standard InChI is InChI=1S/C14H18N6O3S2/c1-8(2)16-13(23)17-11(22)7-25-14-19-18-12(9-4-3-5-24-9)20(14)6-10(15)21/h3-5,8H,6-7H2,1-2H3,(H2,15,21)(H2,16,17,22,23). The molecule has 2 aromatic heterocycles. The van der Waals surface area contributed by atoms with Crippen molar-refractivity contribution in [2.75, 3.05) is 5.75 Å². The van der Waals surface area contributed by atoms with Crippen LogP contribution in [0.3, 0.4) is 0 Å². The van der Waals surface area contributed by atoms with Crippen molar-refractivity contribution in [3.8, 4) is 10.7 Å². The molecule has 0 radical (unpaired) electrons. The van der Waals surface area contributed by atoms with Crippen LogP contribution in [0.1, 0.15) is 13.8 Å². The van der Waals surface area contributed by atoms with E-state index in [2.05, 4.69) is 20.8 Å². The van der Waals surface area contributed by atoms with E-state index in [-0.39, 0.29) is 18.3 Å². The van der Waals surface area contributed by atoms with Gasteiger partial charge in [0.25, 0.3) is 0 Å². The number of aromatic nitrogens is 3. The van der Waals surface area contributed by atoms with Crippen LogP contribution in [0, 0.1) is 0 Å². The lowest BCUT2D eigenvalue weighted by Gasteiger charge is -2.09. The van der Waals surface area contributed by atoms with Crippen LogP contribution in [0.15, 0.2) is 22.7 Å². The monoisotopic (exact) mass is 382 g/mol. The molecular formula is C14H18N6O3S2. The largest absolute Gasteiger partial charge is 0.368 e. The van der Waals surface area contributed by atoms with Gasteiger partial charge in [0.1, 0.15) is 6.54 Å². The Balaban J connectivity index is 2.05. The van der Waals surface area contributed by atoms with Crippen molar-refractivity contribution in [2.45, 2.75) is 31.6 Å². The average Bonchev–Trinajstić information content (AvgIpc) is 3.13. The number of nitrogens with two attached hydrogens (primary N) is 1. The summed E-state index contributed by atoms with van der Waals surface area (Å²) in [5.74, 6) is -0.559. The highest BCUT2D eigenvalue weighted by Gasteiger charge is 2.18. The van der Waals surface area contributed by atoms with Crippen LogP contribution in [0.25, 0.3) is 10.7 Å². The first-order valence-electron chi connectivity index (χ1n) is 7.35. The fourth-order valence-corrected chi connectivity index (χ4v) is 3.33. The van der Waals surface area contributed by atoms with Crippen molar-refractivity contribution in [3.05, 3.63) is 17.5 Å². The molecule has 4 amide bonds. The summed E-state index contributed by atoms with van der Waals surface area (Å²) >= 11 is 2.52. The van der Waals surface area contributed by atoms with Gasteiger partial charge in [-0.05, 0) is 25.3 Å². The number of thioether (sulfide) groups is 1. The smallest absolute Gasteiger partial charge is 0.321 e. The molecule has 0 bridgehead atoms. The van der Waals surface area contributed by atoms with Gasteiger partial charge in [-0.3, -0.25) is 19.5 Å². The third kappa shape index (κ3) is 5.57. The van der Waals surface area contributed by atoms with E-state index in [1.165, 1.54) is 11.3 Å². The molecule has 0 atom stereocenters. The molecule has 25 heavy (non-hydrogen) atoms. The molecule has 0 unspecified atom stereocenters. The molecular weight excluding hydrogens is 364 g/mol. The Labute approximate surface area is 152 Å². The summed E-state index contributed by atoms with van der Waals surface area (Å²) in [4.78, 5) is 35.5. The highest BCUT2D eigenvalue weighted by Crippen LogP contribution is 2.27. The van der Waals surface area contributed by atoms with E-state index in [1.54, 1.807) is 18.4 Å². The fourth-order valence-electron chi connectivity index (χ4n) is 1.87. The predicted molar refractivity (Wildman–Crippen MR) is 95.1 cm³/mol. The number of hydrogen-bond acceptors (Lipinski definition) is 7. The Morgan fingerprint density at radius 3 is 2.72 bits per heavy atom. The van der Waals surface area contributed by atoms with Crippen LogP contribution in [0.4, 0.5) is 4.79 Å². The molecule has 0 fully saturated rings. The number of urea groups is 1. The molecule has 0 saturated heterocycles. The summed E-state index contributed by atoms with van der Waals surface area (Å²) in [6.45, 7) is 3.48. The van der Waals surface area contributed by atoms with Gasteiger partial charge in [-0.15, -0.1) is 21.5 Å². The maximum Gasteiger partial charge on any atom is 0.321 e. The SMILES string of the molecule is CC(C)NC(=O)NC(=O)CSc1nnc(-c2cccs2)n1CC(N)=O. The third-order valence-electron chi connectivity index (χ3n) is 2.78. The Hall–Kier alpha value is -2.40. The Morgan fingerprint density at radius 1 is 1.36 bits per heavy atom. The second-order valence-corrected chi connectivity index (χ2v) is 7.19. The summed E-state index contributed by atoms with van der Waals surface area (Å²) in [6.07, 6.45) is 0. The van der Waals surface area contributed by atoms with Crippen molar-refractivity contribution in [1.29, 1.82) is 0 Å². The number of hydrogen-bond donors (Lipinski definition) is 3. The molecule has 134 valence electrons. The van der Waals surface area contributed by atoms with Crippen molar-refractivity contribution in [1.82, 2.24) is 25.4 Å². The van der Waals surface area contributed by atoms with E-state index in [9.17, 15) is 14.4 Å². The van der Waals surface area contributed by atoms with Crippen LogP contribution in [0.2, 0.25) is 0 Å². The van der Waals surface area contributed by atoms with Gasteiger partial charge in [0, 0.05) is 6.04 Å². The Kier molecular flexibility index (Phi) is 6.53. The summed E-state index contributed by atoms with van der Waals surface area (Å²) in [6, 6.07) is 3.08. The molecule has 0 spiro atoms. The second kappa shape index (κ2) is 8.62. The number of imide groups is 1. The predicted octanol–water partition coefficient (Wildman–Crippen LogP) is 0.818. The van der Waals surface area contributed by atoms with E-state index < -0.39 is 17.8 Å². The second-order valence-electron chi connectivity index (χ2n) is 5.30. The van der Waals surface area contributed by atoms with Gasteiger partial charge >= 0.3 is 6.03 Å². The minimum absolute atomic E-state index is 0.0488. The number of amides is 4. The van der Waals surface area contributed by atoms with Crippen molar-refractivity contribution in [2.24, 2.45) is 5.73 Å². The Bertz CT molecular complexity index is 757. The molecule has 2 aromatic rings. The first-order valence-corrected chi connectivity index (χ1v) is 9.22. The number of carbonyl (C=O) groups is 3. The molecule has 4 N–H and O–H groups in total. The number of primary amides is 1. The van der Waals surface area contributed by atoms with Gasteiger partial charge in [0.05, 0.1) is 10.6 Å². The lowest BCUT2D eigenvalue weighted by molar-refractivity contribution is -0.119. The molecule has 0 aliphatic carbocycles. The van der Waals surface area contributed by atoms with Crippen LogP contribution < -0.4 is 16.4 Å². The van der Waals surface area contributed by atoms with Gasteiger partial charge in [0.15, 0.2) is 11.0 Å². The van der Waals surface area contributed by atoms with E-state index in [0.717, 1.165) is 16.6 Å². The maximum atomic E-state index is 11.8. The lowest BCUT2D eigenvalue weighted by atomic mass is 10.4. The summed E-state index contributed by atoms with van der Waals surface area (Å²) in [5, 5.41) is 15.1. The van der Waals surface area contributed by atoms with Crippen LogP contribution in [-0.4, -0.2) is 44.4 Å². The van der Waals surface area contributed by atoms with E-state index >= 15 is 0 Å². The van der Waals surface area contributed by atoms with Crippen LogP contribution in [-0.2, 0) is 16.1 Å². The topological polar surface area (TPSA) is 132 Å². The van der Waals surface area contributed by atoms with E-state index in [4.69, 9.17) is 5.73 Å². The average molecular weight is 382 g/mol. The third-order valence-corrected chi connectivity index (χ3v) is 4.61. The number of nitrogens with zero attached hydrogens (tertiary/aromatic N) is 3. The zero-order chi connectivity index (χ0) is 18.4. The van der Waals surface area contributed by atoms with Crippen molar-refractivity contribution in [3.63, 3.8) is 0 Å². The first-order chi connectivity index (χ1) is 11.9. The molecule has 0 aliphatic heterocycles. The van der Waals surface area contributed by atoms with Gasteiger partial charge in [-0.2, -0.15) is 0 Å². The van der Waals surface area contributed by atoms with Crippen molar-refractivity contribution >= 4 is 40.9 Å². The number of carbonyl (C=O) groups excluding carboxylic acids is 3. The lowest BCUT2D eigenvalue weighted by Crippen LogP contribution is -2.43. The highest BCUT2D eigenvalue weighted by molar-refractivity contribution is 7.99. The number of rotatable bonds is 7. The molecule has 0 aromatic carbocycles. The molecule has 0 aliphatic rings. The molecule has 11 heteroatoms. The molecule has 2 heterocycles. The van der Waals surface area contributed by atoms with Gasteiger partial charge in [-0.25, -0.2) is 4.79 Å². The minimum Gasteiger partial charge on any atom is -0.368 e. The number of thiophene rings is 1. The Morgan fingerprint density at radius 2 is 2.12 bits per heavy atom. The normalized spacial score (nSPS) is 10.7. The zero-order valence-corrected chi connectivity index (χ0v) is 15.3. The number of nitrogens with one attached hydrogen (secondary N) is 2. The van der Waals surface area contributed by atoms with Crippen molar-refractivity contribution < 1.29 is 14.4 Å². The molecule has 2 rings (SSSR count). The van der Waals surface area contributed by atoms with Crippen LogP contribution in [0.5, 0.6) is 0 Å². The minimum atomic E-state index is -0.557. The van der Waals surface area contributed by atoms with Crippen LogP contribution >= 0.6 is 23.1 Å². The summed E-state index contributed by atoms with van der Waals surface area (Å²) < 4.78 is 1.56. The van der Waals surface area contributed by atoms with Gasteiger partial charge in [0.2, 0.25) is 11.8 Å².